The van der Waals surface area contributed by atoms with Crippen molar-refractivity contribution in [2.75, 3.05) is 6.61 Å². The van der Waals surface area contributed by atoms with Crippen LogP contribution in [0, 0.1) is 41.4 Å². The van der Waals surface area contributed by atoms with Gasteiger partial charge in [-0.2, -0.15) is 0 Å². The van der Waals surface area contributed by atoms with Crippen LogP contribution < -0.4 is 0 Å². The molecule has 1 heteroatoms. The van der Waals surface area contributed by atoms with Crippen LogP contribution in [0.15, 0.2) is 0 Å². The van der Waals surface area contributed by atoms with Gasteiger partial charge in [0, 0.05) is 0 Å². The molecule has 4 aliphatic carbocycles. The first-order valence-corrected chi connectivity index (χ1v) is 7.85. The van der Waals surface area contributed by atoms with Gasteiger partial charge < -0.3 is 4.74 Å². The molecule has 0 saturated heterocycles. The van der Waals surface area contributed by atoms with Gasteiger partial charge in [0.05, 0.1) is 12.7 Å². The van der Waals surface area contributed by atoms with Gasteiger partial charge >= 0.3 is 0 Å². The molecule has 4 saturated carbocycles. The molecule has 0 aromatic heterocycles. The van der Waals surface area contributed by atoms with E-state index in [1.807, 2.05) is 0 Å². The summed E-state index contributed by atoms with van der Waals surface area (Å²) in [6, 6.07) is 0. The second kappa shape index (κ2) is 3.73. The van der Waals surface area contributed by atoms with Crippen LogP contribution in [-0.4, -0.2) is 12.7 Å². The molecule has 96 valence electrons. The Balaban J connectivity index is 1.48. The Hall–Kier alpha value is -0.0400. The molecule has 0 aliphatic heterocycles. The standard InChI is InChI=1S/C16H26O/c1-9(2)17-8-13-6-12-7-14(13)16-11-4-3-10(5-11)15(12)16/h9-16H,3-8H2,1-2H3. The highest BCUT2D eigenvalue weighted by atomic mass is 16.5. The zero-order chi connectivity index (χ0) is 11.6. The van der Waals surface area contributed by atoms with E-state index in [2.05, 4.69) is 13.8 Å². The van der Waals surface area contributed by atoms with E-state index in [1.54, 1.807) is 25.7 Å². The molecule has 7 unspecified atom stereocenters. The van der Waals surface area contributed by atoms with Crippen LogP contribution in [0.5, 0.6) is 0 Å². The average molecular weight is 234 g/mol. The molecule has 4 bridgehead atoms. The van der Waals surface area contributed by atoms with E-state index >= 15 is 0 Å². The maximum atomic E-state index is 5.91. The molecule has 0 N–H and O–H groups in total. The first kappa shape index (κ1) is 10.8. The number of ether oxygens (including phenoxy) is 1. The molecule has 0 spiro atoms. The van der Waals surface area contributed by atoms with Crippen molar-refractivity contribution in [2.24, 2.45) is 41.4 Å². The normalized spacial score (nSPS) is 54.9. The summed E-state index contributed by atoms with van der Waals surface area (Å²) in [5.41, 5.74) is 0. The van der Waals surface area contributed by atoms with Crippen LogP contribution in [0.1, 0.15) is 46.0 Å². The smallest absolute Gasteiger partial charge is 0.0519 e. The lowest BCUT2D eigenvalue weighted by Crippen LogP contribution is -2.34. The molecule has 0 aromatic rings. The lowest BCUT2D eigenvalue weighted by atomic mass is 9.68. The lowest BCUT2D eigenvalue weighted by Gasteiger charge is -2.38. The van der Waals surface area contributed by atoms with Crippen molar-refractivity contribution in [1.82, 2.24) is 0 Å². The topological polar surface area (TPSA) is 9.23 Å². The lowest BCUT2D eigenvalue weighted by molar-refractivity contribution is 0.00760. The molecule has 1 nitrogen and oxygen atoms in total. The minimum Gasteiger partial charge on any atom is -0.378 e. The summed E-state index contributed by atoms with van der Waals surface area (Å²) in [4.78, 5) is 0. The Kier molecular flexibility index (Phi) is 2.38. The summed E-state index contributed by atoms with van der Waals surface area (Å²) >= 11 is 0. The third-order valence-electron chi connectivity index (χ3n) is 6.52. The van der Waals surface area contributed by atoms with Gasteiger partial charge in [-0.05, 0) is 87.4 Å². The molecular weight excluding hydrogens is 208 g/mol. The quantitative estimate of drug-likeness (QED) is 0.676. The van der Waals surface area contributed by atoms with E-state index in [0.29, 0.717) is 6.10 Å². The number of fused-ring (bicyclic) bond motifs is 9. The van der Waals surface area contributed by atoms with Gasteiger partial charge in [-0.1, -0.05) is 0 Å². The predicted molar refractivity (Wildman–Crippen MR) is 68.6 cm³/mol. The number of hydrogen-bond acceptors (Lipinski definition) is 1. The highest BCUT2D eigenvalue weighted by Crippen LogP contribution is 2.68. The summed E-state index contributed by atoms with van der Waals surface area (Å²) in [6.45, 7) is 5.40. The van der Waals surface area contributed by atoms with E-state index in [1.165, 1.54) is 6.42 Å². The van der Waals surface area contributed by atoms with Crippen molar-refractivity contribution in [3.8, 4) is 0 Å². The molecule has 17 heavy (non-hydrogen) atoms. The summed E-state index contributed by atoms with van der Waals surface area (Å²) < 4.78 is 5.91. The zero-order valence-corrected chi connectivity index (χ0v) is 11.3. The minimum atomic E-state index is 0.421. The first-order valence-electron chi connectivity index (χ1n) is 7.85. The Morgan fingerprint density at radius 3 is 2.47 bits per heavy atom. The van der Waals surface area contributed by atoms with Crippen molar-refractivity contribution in [3.63, 3.8) is 0 Å². The second-order valence-corrected chi connectivity index (χ2v) is 7.53. The molecule has 0 amide bonds. The second-order valence-electron chi connectivity index (χ2n) is 7.53. The van der Waals surface area contributed by atoms with Crippen molar-refractivity contribution >= 4 is 0 Å². The molecular formula is C16H26O. The van der Waals surface area contributed by atoms with Gasteiger partial charge in [-0.3, -0.25) is 0 Å². The van der Waals surface area contributed by atoms with Crippen LogP contribution in [-0.2, 0) is 4.74 Å². The predicted octanol–water partition coefficient (Wildman–Crippen LogP) is 3.73. The largest absolute Gasteiger partial charge is 0.378 e. The van der Waals surface area contributed by atoms with Crippen LogP contribution >= 0.6 is 0 Å². The van der Waals surface area contributed by atoms with Crippen molar-refractivity contribution in [1.29, 1.82) is 0 Å². The highest BCUT2D eigenvalue weighted by molar-refractivity contribution is 5.10. The van der Waals surface area contributed by atoms with Gasteiger partial charge in [0.2, 0.25) is 0 Å². The zero-order valence-electron chi connectivity index (χ0n) is 11.3. The Morgan fingerprint density at radius 1 is 0.941 bits per heavy atom. The molecule has 0 heterocycles. The Bertz CT molecular complexity index is 311. The van der Waals surface area contributed by atoms with Crippen molar-refractivity contribution in [3.05, 3.63) is 0 Å². The minimum absolute atomic E-state index is 0.421. The molecule has 4 rings (SSSR count). The fourth-order valence-electron chi connectivity index (χ4n) is 6.21. The van der Waals surface area contributed by atoms with E-state index in [-0.39, 0.29) is 0 Å². The van der Waals surface area contributed by atoms with Gasteiger partial charge in [0.1, 0.15) is 0 Å². The first-order chi connectivity index (χ1) is 8.24. The maximum Gasteiger partial charge on any atom is 0.0519 e. The fourth-order valence-corrected chi connectivity index (χ4v) is 6.21. The van der Waals surface area contributed by atoms with Gasteiger partial charge in [-0.15, -0.1) is 0 Å². The highest BCUT2D eigenvalue weighted by Gasteiger charge is 2.61. The maximum absolute atomic E-state index is 5.91. The molecule has 4 aliphatic rings. The van der Waals surface area contributed by atoms with Crippen LogP contribution in [0.4, 0.5) is 0 Å². The number of rotatable bonds is 3. The average Bonchev–Trinajstić information content (AvgIpc) is 3.03. The third-order valence-corrected chi connectivity index (χ3v) is 6.52. The van der Waals surface area contributed by atoms with Gasteiger partial charge in [-0.25, -0.2) is 0 Å². The summed E-state index contributed by atoms with van der Waals surface area (Å²) in [7, 11) is 0. The summed E-state index contributed by atoms with van der Waals surface area (Å²) in [5, 5.41) is 0. The van der Waals surface area contributed by atoms with E-state index in [4.69, 9.17) is 4.74 Å². The monoisotopic (exact) mass is 234 g/mol. The van der Waals surface area contributed by atoms with E-state index < -0.39 is 0 Å². The summed E-state index contributed by atoms with van der Waals surface area (Å²) in [5.74, 6) is 7.64. The van der Waals surface area contributed by atoms with Crippen molar-refractivity contribution < 1.29 is 4.74 Å². The molecule has 4 fully saturated rings. The molecule has 0 aromatic carbocycles. The van der Waals surface area contributed by atoms with Crippen molar-refractivity contribution in [2.45, 2.75) is 52.1 Å². The molecule has 0 radical (unpaired) electrons. The van der Waals surface area contributed by atoms with Gasteiger partial charge in [0.25, 0.3) is 0 Å². The van der Waals surface area contributed by atoms with E-state index in [0.717, 1.165) is 48.0 Å². The molecule has 7 atom stereocenters. The number of hydrogen-bond donors (Lipinski definition) is 0. The SMILES string of the molecule is CC(C)OCC1CC2CC1C1C3CCC(C3)C21. The van der Waals surface area contributed by atoms with E-state index in [9.17, 15) is 0 Å². The fraction of sp³-hybridized carbons (Fsp3) is 1.00. The van der Waals surface area contributed by atoms with Crippen LogP contribution in [0.25, 0.3) is 0 Å². The van der Waals surface area contributed by atoms with Crippen LogP contribution in [0.2, 0.25) is 0 Å². The Morgan fingerprint density at radius 2 is 1.71 bits per heavy atom. The van der Waals surface area contributed by atoms with Crippen LogP contribution in [0.3, 0.4) is 0 Å². The summed E-state index contributed by atoms with van der Waals surface area (Å²) in [6.07, 6.45) is 8.22. The third kappa shape index (κ3) is 1.47. The van der Waals surface area contributed by atoms with Gasteiger partial charge in [0.15, 0.2) is 0 Å². The Labute approximate surface area is 105 Å².